The first-order chi connectivity index (χ1) is 7.83. The molecule has 0 atom stereocenters. The second-order valence-electron chi connectivity index (χ2n) is 4.75. The molecule has 0 radical (unpaired) electrons. The topological polar surface area (TPSA) is 27.7 Å². The van der Waals surface area contributed by atoms with E-state index in [1.165, 1.54) is 0 Å². The standard InChI is InChI=1S/C12H26O3Si2/c1-7-9-11-13-16(3,4)15-17(5,6)14-12-10-8-2/h7-8H,1-2,9-12H2,3-6H3. The first-order valence-electron chi connectivity index (χ1n) is 6.03. The fourth-order valence-electron chi connectivity index (χ4n) is 1.43. The van der Waals surface area contributed by atoms with E-state index in [-0.39, 0.29) is 0 Å². The third-order valence-corrected chi connectivity index (χ3v) is 7.77. The van der Waals surface area contributed by atoms with Crippen LogP contribution in [0.5, 0.6) is 0 Å². The van der Waals surface area contributed by atoms with E-state index in [0.29, 0.717) is 13.2 Å². The highest BCUT2D eigenvalue weighted by atomic mass is 28.5. The minimum absolute atomic E-state index is 0.680. The number of hydrogen-bond donors (Lipinski definition) is 0. The Morgan fingerprint density at radius 1 is 0.824 bits per heavy atom. The van der Waals surface area contributed by atoms with E-state index in [9.17, 15) is 0 Å². The monoisotopic (exact) mass is 274 g/mol. The minimum atomic E-state index is -2.07. The smallest absolute Gasteiger partial charge is 0.322 e. The van der Waals surface area contributed by atoms with Crippen LogP contribution in [-0.2, 0) is 13.0 Å². The van der Waals surface area contributed by atoms with Gasteiger partial charge in [-0.2, -0.15) is 0 Å². The second-order valence-corrected chi connectivity index (χ2v) is 11.7. The maximum absolute atomic E-state index is 6.08. The molecule has 0 unspecified atom stereocenters. The molecular weight excluding hydrogens is 248 g/mol. The van der Waals surface area contributed by atoms with Crippen LogP contribution in [0, 0.1) is 0 Å². The van der Waals surface area contributed by atoms with E-state index in [1.54, 1.807) is 0 Å². The van der Waals surface area contributed by atoms with Crippen molar-refractivity contribution in [2.75, 3.05) is 13.2 Å². The quantitative estimate of drug-likeness (QED) is 0.346. The molecule has 0 bridgehead atoms. The van der Waals surface area contributed by atoms with Crippen molar-refractivity contribution in [3.63, 3.8) is 0 Å². The summed E-state index contributed by atoms with van der Waals surface area (Å²) in [7, 11) is -4.15. The van der Waals surface area contributed by atoms with Crippen molar-refractivity contribution in [2.45, 2.75) is 39.0 Å². The van der Waals surface area contributed by atoms with Crippen LogP contribution in [-0.4, -0.2) is 30.3 Å². The predicted octanol–water partition coefficient (Wildman–Crippen LogP) is 3.59. The van der Waals surface area contributed by atoms with Gasteiger partial charge in [-0.05, 0) is 39.0 Å². The molecule has 0 aliphatic heterocycles. The maximum Gasteiger partial charge on any atom is 0.322 e. The molecule has 100 valence electrons. The van der Waals surface area contributed by atoms with Crippen molar-refractivity contribution in [1.82, 2.24) is 0 Å². The molecule has 5 heteroatoms. The molecule has 0 amide bonds. The van der Waals surface area contributed by atoms with E-state index in [1.807, 2.05) is 12.2 Å². The van der Waals surface area contributed by atoms with Gasteiger partial charge in [0, 0.05) is 13.2 Å². The van der Waals surface area contributed by atoms with Gasteiger partial charge in [-0.25, -0.2) is 0 Å². The van der Waals surface area contributed by atoms with Gasteiger partial charge in [-0.3, -0.25) is 0 Å². The fourth-order valence-corrected chi connectivity index (χ4v) is 7.85. The van der Waals surface area contributed by atoms with Crippen molar-refractivity contribution in [1.29, 1.82) is 0 Å². The van der Waals surface area contributed by atoms with E-state index < -0.39 is 17.1 Å². The van der Waals surface area contributed by atoms with E-state index in [2.05, 4.69) is 39.3 Å². The Balaban J connectivity index is 4.07. The average Bonchev–Trinajstić information content (AvgIpc) is 2.16. The molecule has 17 heavy (non-hydrogen) atoms. The molecule has 0 aliphatic rings. The minimum Gasteiger partial charge on any atom is -0.415 e. The van der Waals surface area contributed by atoms with Crippen LogP contribution >= 0.6 is 0 Å². The summed E-state index contributed by atoms with van der Waals surface area (Å²) in [6.45, 7) is 16.9. The molecule has 0 aromatic heterocycles. The van der Waals surface area contributed by atoms with Gasteiger partial charge in [0.05, 0.1) is 0 Å². The zero-order chi connectivity index (χ0) is 13.4. The van der Waals surface area contributed by atoms with Gasteiger partial charge in [0.2, 0.25) is 0 Å². The number of hydrogen-bond acceptors (Lipinski definition) is 3. The van der Waals surface area contributed by atoms with E-state index in [0.717, 1.165) is 12.8 Å². The van der Waals surface area contributed by atoms with Crippen molar-refractivity contribution in [3.8, 4) is 0 Å². The lowest BCUT2D eigenvalue weighted by Crippen LogP contribution is -2.48. The summed E-state index contributed by atoms with van der Waals surface area (Å²) in [6.07, 6.45) is 5.43. The lowest BCUT2D eigenvalue weighted by atomic mass is 10.5. The molecule has 0 saturated carbocycles. The van der Waals surface area contributed by atoms with Crippen LogP contribution in [0.2, 0.25) is 26.2 Å². The molecule has 0 aromatic rings. The van der Waals surface area contributed by atoms with Gasteiger partial charge in [-0.1, -0.05) is 12.2 Å². The maximum atomic E-state index is 6.08. The average molecular weight is 275 g/mol. The van der Waals surface area contributed by atoms with Crippen LogP contribution in [0.4, 0.5) is 0 Å². The Morgan fingerprint density at radius 2 is 1.18 bits per heavy atom. The molecule has 3 nitrogen and oxygen atoms in total. The highest BCUT2D eigenvalue weighted by molar-refractivity contribution is 6.78. The summed E-state index contributed by atoms with van der Waals surface area (Å²) < 4.78 is 17.7. The molecule has 0 spiro atoms. The molecule has 0 aromatic carbocycles. The third-order valence-electron chi connectivity index (χ3n) is 2.03. The molecule has 0 heterocycles. The highest BCUT2D eigenvalue weighted by Gasteiger charge is 2.36. The SMILES string of the molecule is C=CCCO[Si](C)(C)O[Si](C)(C)OCCC=C. The predicted molar refractivity (Wildman–Crippen MR) is 77.6 cm³/mol. The first kappa shape index (κ1) is 16.8. The Bertz CT molecular complexity index is 216. The van der Waals surface area contributed by atoms with E-state index in [4.69, 9.17) is 13.0 Å². The Morgan fingerprint density at radius 3 is 1.47 bits per heavy atom. The molecule has 0 saturated heterocycles. The van der Waals surface area contributed by atoms with Crippen LogP contribution in [0.3, 0.4) is 0 Å². The van der Waals surface area contributed by atoms with Crippen LogP contribution in [0.25, 0.3) is 0 Å². The summed E-state index contributed by atoms with van der Waals surface area (Å²) in [5, 5.41) is 0. The van der Waals surface area contributed by atoms with Crippen LogP contribution in [0.15, 0.2) is 25.3 Å². The molecule has 0 N–H and O–H groups in total. The first-order valence-corrected chi connectivity index (χ1v) is 11.7. The highest BCUT2D eigenvalue weighted by Crippen LogP contribution is 2.17. The second kappa shape index (κ2) is 7.99. The number of rotatable bonds is 10. The van der Waals surface area contributed by atoms with Gasteiger partial charge in [0.1, 0.15) is 0 Å². The lowest BCUT2D eigenvalue weighted by molar-refractivity contribution is 0.200. The zero-order valence-electron chi connectivity index (χ0n) is 11.6. The third kappa shape index (κ3) is 9.49. The Labute approximate surface area is 108 Å². The lowest BCUT2D eigenvalue weighted by Gasteiger charge is -2.32. The molecule has 0 aliphatic carbocycles. The fraction of sp³-hybridized carbons (Fsp3) is 0.667. The Hall–Kier alpha value is -0.206. The van der Waals surface area contributed by atoms with Crippen LogP contribution in [0.1, 0.15) is 12.8 Å². The van der Waals surface area contributed by atoms with Crippen LogP contribution < -0.4 is 0 Å². The van der Waals surface area contributed by atoms with Gasteiger partial charge in [0.15, 0.2) is 0 Å². The van der Waals surface area contributed by atoms with Crippen molar-refractivity contribution < 1.29 is 13.0 Å². The zero-order valence-corrected chi connectivity index (χ0v) is 13.6. The van der Waals surface area contributed by atoms with Crippen molar-refractivity contribution in [3.05, 3.63) is 25.3 Å². The summed E-state index contributed by atoms with van der Waals surface area (Å²) in [6, 6.07) is 0. The summed E-state index contributed by atoms with van der Waals surface area (Å²) in [5.41, 5.74) is 0. The summed E-state index contributed by atoms with van der Waals surface area (Å²) in [4.78, 5) is 0. The largest absolute Gasteiger partial charge is 0.415 e. The van der Waals surface area contributed by atoms with Gasteiger partial charge < -0.3 is 13.0 Å². The van der Waals surface area contributed by atoms with Crippen molar-refractivity contribution >= 4 is 17.1 Å². The van der Waals surface area contributed by atoms with E-state index >= 15 is 0 Å². The Kier molecular flexibility index (Phi) is 7.90. The summed E-state index contributed by atoms with van der Waals surface area (Å²) in [5.74, 6) is 0. The normalized spacial score (nSPS) is 12.5. The van der Waals surface area contributed by atoms with Crippen molar-refractivity contribution in [2.24, 2.45) is 0 Å². The molecule has 0 fully saturated rings. The molecular formula is C12H26O3Si2. The van der Waals surface area contributed by atoms with Gasteiger partial charge >= 0.3 is 17.1 Å². The van der Waals surface area contributed by atoms with Gasteiger partial charge in [0.25, 0.3) is 0 Å². The van der Waals surface area contributed by atoms with Gasteiger partial charge in [-0.15, -0.1) is 13.2 Å². The summed E-state index contributed by atoms with van der Waals surface area (Å²) >= 11 is 0. The molecule has 0 rings (SSSR count).